The number of para-hydroxylation sites is 1. The number of carbonyl (C=O) groups excluding carboxylic acids is 1. The second-order valence-corrected chi connectivity index (χ2v) is 12.1. The Hall–Kier alpha value is -2.34. The lowest BCUT2D eigenvalue weighted by atomic mass is 10.2. The summed E-state index contributed by atoms with van der Waals surface area (Å²) in [5.41, 5.74) is 1.61. The summed E-state index contributed by atoms with van der Waals surface area (Å²) in [6, 6.07) is 18.9. The smallest absolute Gasteiger partial charge is 0.291 e. The number of halogens is 3. The van der Waals surface area contributed by atoms with Gasteiger partial charge in [-0.3, -0.25) is 14.8 Å². The Morgan fingerprint density at radius 3 is 2.40 bits per heavy atom. The van der Waals surface area contributed by atoms with E-state index in [1.807, 2.05) is 24.3 Å². The van der Waals surface area contributed by atoms with Crippen LogP contribution in [0.5, 0.6) is 0 Å². The number of amides is 1. The number of thioether (sulfide) groups is 1. The zero-order chi connectivity index (χ0) is 25.0. The molecule has 0 saturated carbocycles. The van der Waals surface area contributed by atoms with Gasteiger partial charge in [-0.2, -0.15) is 8.42 Å². The number of aromatic nitrogens is 2. The van der Waals surface area contributed by atoms with Gasteiger partial charge in [-0.15, -0.1) is 22.0 Å². The molecule has 1 heterocycles. The highest BCUT2D eigenvalue weighted by Gasteiger charge is 2.23. The van der Waals surface area contributed by atoms with Gasteiger partial charge in [0, 0.05) is 20.7 Å². The molecule has 0 radical (unpaired) electrons. The van der Waals surface area contributed by atoms with Crippen molar-refractivity contribution in [3.63, 3.8) is 0 Å². The Morgan fingerprint density at radius 1 is 0.943 bits per heavy atom. The maximum atomic E-state index is 13.0. The number of nitrogens with zero attached hydrogens (tertiary/aromatic N) is 2. The molecule has 7 nitrogen and oxygen atoms in total. The van der Waals surface area contributed by atoms with Crippen LogP contribution in [-0.4, -0.2) is 24.5 Å². The second-order valence-electron chi connectivity index (χ2n) is 6.97. The van der Waals surface area contributed by atoms with Crippen LogP contribution in [-0.2, 0) is 15.8 Å². The monoisotopic (exact) mass is 584 g/mol. The Kier molecular flexibility index (Phi) is 8.20. The third kappa shape index (κ3) is 6.66. The van der Waals surface area contributed by atoms with Crippen LogP contribution in [0.25, 0.3) is 0 Å². The van der Waals surface area contributed by atoms with Crippen molar-refractivity contribution in [3.8, 4) is 0 Å². The highest BCUT2D eigenvalue weighted by molar-refractivity contribution is 7.99. The van der Waals surface area contributed by atoms with Crippen LogP contribution in [0.4, 0.5) is 10.8 Å². The van der Waals surface area contributed by atoms with E-state index >= 15 is 0 Å². The lowest BCUT2D eigenvalue weighted by molar-refractivity contribution is 0.102. The van der Waals surface area contributed by atoms with E-state index in [0.29, 0.717) is 32.8 Å². The molecule has 180 valence electrons. The lowest BCUT2D eigenvalue weighted by Gasteiger charge is -2.11. The molecule has 3 aromatic carbocycles. The molecule has 35 heavy (non-hydrogen) atoms. The molecular weight excluding hydrogens is 571 g/mol. The first-order valence-corrected chi connectivity index (χ1v) is 14.2. The second kappa shape index (κ2) is 11.2. The van der Waals surface area contributed by atoms with Gasteiger partial charge in [0.15, 0.2) is 0 Å². The molecule has 0 aliphatic carbocycles. The minimum absolute atomic E-state index is 0.00629. The predicted octanol–water partition coefficient (Wildman–Crippen LogP) is 6.84. The normalized spacial score (nSPS) is 11.3. The molecule has 0 aliphatic rings. The number of benzene rings is 3. The molecule has 13 heteroatoms. The summed E-state index contributed by atoms with van der Waals surface area (Å²) in [5, 5.41) is 11.2. The summed E-state index contributed by atoms with van der Waals surface area (Å²) in [6.45, 7) is 0. The number of anilines is 2. The summed E-state index contributed by atoms with van der Waals surface area (Å²) in [4.78, 5) is 13.2. The molecule has 0 atom stereocenters. The summed E-state index contributed by atoms with van der Waals surface area (Å²) in [6.07, 6.45) is 0. The molecule has 0 aliphatic heterocycles. The van der Waals surface area contributed by atoms with Crippen molar-refractivity contribution >= 4 is 84.7 Å². The maximum absolute atomic E-state index is 13.0. The number of carbonyl (C=O) groups is 1. The molecule has 0 unspecified atom stereocenters. The van der Waals surface area contributed by atoms with E-state index in [-0.39, 0.29) is 20.1 Å². The first-order valence-electron chi connectivity index (χ1n) is 9.80. The predicted molar refractivity (Wildman–Crippen MR) is 143 cm³/mol. The topological polar surface area (TPSA) is 101 Å². The fraction of sp³-hybridized carbons (Fsp3) is 0.0455. The minimum Gasteiger partial charge on any atom is -0.296 e. The number of nitrogens with one attached hydrogen (secondary N) is 2. The van der Waals surface area contributed by atoms with Crippen molar-refractivity contribution in [2.75, 3.05) is 10.0 Å². The van der Waals surface area contributed by atoms with E-state index in [1.165, 1.54) is 30.0 Å². The lowest BCUT2D eigenvalue weighted by Crippen LogP contribution is -2.13. The average Bonchev–Trinajstić information content (AvgIpc) is 3.29. The zero-order valence-corrected chi connectivity index (χ0v) is 22.3. The molecule has 1 amide bonds. The van der Waals surface area contributed by atoms with Crippen molar-refractivity contribution in [1.29, 1.82) is 0 Å². The van der Waals surface area contributed by atoms with Gasteiger partial charge in [0.2, 0.25) is 5.13 Å². The van der Waals surface area contributed by atoms with Gasteiger partial charge in [-0.1, -0.05) is 70.4 Å². The van der Waals surface area contributed by atoms with Gasteiger partial charge in [0.05, 0.1) is 16.3 Å². The first-order chi connectivity index (χ1) is 16.7. The fourth-order valence-electron chi connectivity index (χ4n) is 2.81. The number of hydrogen-bond donors (Lipinski definition) is 2. The van der Waals surface area contributed by atoms with Crippen molar-refractivity contribution < 1.29 is 13.2 Å². The first kappa shape index (κ1) is 25.7. The van der Waals surface area contributed by atoms with Crippen LogP contribution in [0, 0.1) is 0 Å². The van der Waals surface area contributed by atoms with Gasteiger partial charge in [0.1, 0.15) is 0 Å². The van der Waals surface area contributed by atoms with Gasteiger partial charge in [-0.25, -0.2) is 0 Å². The van der Waals surface area contributed by atoms with Crippen molar-refractivity contribution in [1.82, 2.24) is 10.2 Å². The van der Waals surface area contributed by atoms with E-state index in [1.54, 1.807) is 24.3 Å². The largest absolute Gasteiger partial charge is 0.296 e. The average molecular weight is 586 g/mol. The number of sulfonamides is 1. The molecule has 0 spiro atoms. The fourth-order valence-corrected chi connectivity index (χ4v) is 6.44. The van der Waals surface area contributed by atoms with Crippen molar-refractivity contribution in [3.05, 3.63) is 92.9 Å². The van der Waals surface area contributed by atoms with Crippen molar-refractivity contribution in [2.45, 2.75) is 15.0 Å². The van der Waals surface area contributed by atoms with E-state index in [0.717, 1.165) is 10.5 Å². The molecular formula is C22H15Cl3N4O3S3. The molecule has 0 bridgehead atoms. The molecule has 4 aromatic rings. The SMILES string of the molecule is O=C(Nc1nnc(S(=O)(=O)Nc2ccccc2SCc2ccc(Cl)cc2)s1)c1ccc(Cl)cc1Cl. The Labute approximate surface area is 224 Å². The van der Waals surface area contributed by atoms with E-state index < -0.39 is 15.9 Å². The van der Waals surface area contributed by atoms with Gasteiger partial charge < -0.3 is 0 Å². The Bertz CT molecular complexity index is 1480. The van der Waals surface area contributed by atoms with Gasteiger partial charge >= 0.3 is 0 Å². The molecule has 2 N–H and O–H groups in total. The maximum Gasteiger partial charge on any atom is 0.291 e. The summed E-state index contributed by atoms with van der Waals surface area (Å²) in [5.74, 6) is 0.0571. The Morgan fingerprint density at radius 2 is 1.66 bits per heavy atom. The molecule has 0 saturated heterocycles. The molecule has 1 aromatic heterocycles. The number of rotatable bonds is 8. The van der Waals surface area contributed by atoms with Crippen LogP contribution in [0.2, 0.25) is 15.1 Å². The van der Waals surface area contributed by atoms with Crippen molar-refractivity contribution in [2.24, 2.45) is 0 Å². The highest BCUT2D eigenvalue weighted by atomic mass is 35.5. The third-order valence-corrected chi connectivity index (χ3v) is 8.99. The van der Waals surface area contributed by atoms with Crippen LogP contribution in [0.3, 0.4) is 0 Å². The van der Waals surface area contributed by atoms with Gasteiger partial charge in [0.25, 0.3) is 20.3 Å². The van der Waals surface area contributed by atoms with E-state index in [9.17, 15) is 13.2 Å². The third-order valence-electron chi connectivity index (χ3n) is 4.47. The van der Waals surface area contributed by atoms with Crippen LogP contribution >= 0.6 is 57.9 Å². The molecule has 0 fully saturated rings. The van der Waals surface area contributed by atoms with Crippen LogP contribution in [0.1, 0.15) is 15.9 Å². The standard InChI is InChI=1S/C22H15Cl3N4O3S3/c23-14-7-5-13(6-8-14)12-33-19-4-2-1-3-18(19)29-35(31,32)22-28-27-21(34-22)26-20(30)16-10-9-15(24)11-17(16)25/h1-11,29H,12H2,(H,26,27,30). The molecule has 4 rings (SSSR count). The summed E-state index contributed by atoms with van der Waals surface area (Å²) < 4.78 is 28.2. The zero-order valence-electron chi connectivity index (χ0n) is 17.5. The highest BCUT2D eigenvalue weighted by Crippen LogP contribution is 2.32. The summed E-state index contributed by atoms with van der Waals surface area (Å²) in [7, 11) is -4.05. The van der Waals surface area contributed by atoms with E-state index in [2.05, 4.69) is 20.2 Å². The minimum atomic E-state index is -4.05. The van der Waals surface area contributed by atoms with Crippen LogP contribution in [0.15, 0.2) is 76.0 Å². The van der Waals surface area contributed by atoms with E-state index in [4.69, 9.17) is 34.8 Å². The Balaban J connectivity index is 1.46. The van der Waals surface area contributed by atoms with Crippen LogP contribution < -0.4 is 10.0 Å². The summed E-state index contributed by atoms with van der Waals surface area (Å²) >= 11 is 20.0. The quantitative estimate of drug-likeness (QED) is 0.173. The van der Waals surface area contributed by atoms with Gasteiger partial charge in [-0.05, 0) is 48.0 Å². The number of hydrogen-bond acceptors (Lipinski definition) is 7.